The molecule has 0 spiro atoms. The van der Waals surface area contributed by atoms with Crippen molar-refractivity contribution in [2.45, 2.75) is 0 Å². The number of carbonyl (C=O) groups is 1. The molecule has 3 heteroatoms. The highest BCUT2D eigenvalue weighted by Crippen LogP contribution is 1.79. The van der Waals surface area contributed by atoms with Crippen LogP contribution in [0.15, 0.2) is 0 Å². The molecular formula is C3H5BrO2. The van der Waals surface area contributed by atoms with Crippen LogP contribution in [0.3, 0.4) is 0 Å². The first-order chi connectivity index (χ1) is 2.81. The molecule has 0 aliphatic heterocycles. The number of esters is 1. The normalized spacial score (nSPS) is 7.67. The van der Waals surface area contributed by atoms with E-state index in [4.69, 9.17) is 0 Å². The lowest BCUT2D eigenvalue weighted by Gasteiger charge is -1.86. The second-order valence-electron chi connectivity index (χ2n) is 0.710. The third-order valence-corrected chi connectivity index (χ3v) is 0.795. The van der Waals surface area contributed by atoms with Crippen LogP contribution in [-0.2, 0) is 9.53 Å². The van der Waals surface area contributed by atoms with E-state index in [1.165, 1.54) is 7.11 Å². The van der Waals surface area contributed by atoms with Gasteiger partial charge in [0, 0.05) is 0 Å². The molecule has 0 rings (SSSR count). The average Bonchev–Trinajstić information content (AvgIpc) is 1.65. The minimum Gasteiger partial charge on any atom is -0.468 e. The number of methoxy groups -OCH3 is 1. The second-order valence-corrected chi connectivity index (χ2v) is 1.27. The number of rotatable bonds is 1. The number of alkyl halides is 1. The highest BCUT2D eigenvalue weighted by atomic mass is 79.9. The van der Waals surface area contributed by atoms with E-state index in [0.717, 1.165) is 0 Å². The van der Waals surface area contributed by atoms with Crippen LogP contribution in [0.2, 0.25) is 0 Å². The van der Waals surface area contributed by atoms with Crippen molar-refractivity contribution < 1.29 is 9.53 Å². The van der Waals surface area contributed by atoms with Gasteiger partial charge in [-0.3, -0.25) is 4.79 Å². The smallest absolute Gasteiger partial charge is 0.316 e. The second kappa shape index (κ2) is 3.15. The molecule has 0 aliphatic rings. The largest absolute Gasteiger partial charge is 0.468 e. The van der Waals surface area contributed by atoms with Gasteiger partial charge in [-0.2, -0.15) is 0 Å². The minimum absolute atomic E-state index is 0.241. The maximum Gasteiger partial charge on any atom is 0.316 e. The molecule has 0 N–H and O–H groups in total. The third-order valence-electron chi connectivity index (χ3n) is 0.337. The maximum atomic E-state index is 9.91. The van der Waals surface area contributed by atoms with Crippen molar-refractivity contribution >= 4 is 21.9 Å². The Morgan fingerprint density at radius 1 is 2.00 bits per heavy atom. The fraction of sp³-hybridized carbons (Fsp3) is 0.667. The standard InChI is InChI=1S/C3H5BrO2/c1-6-3(5)2-4/h2H2,1H3/i2+1. The molecule has 0 heterocycles. The van der Waals surface area contributed by atoms with E-state index in [0.29, 0.717) is 0 Å². The van der Waals surface area contributed by atoms with Gasteiger partial charge in [-0.1, -0.05) is 15.9 Å². The maximum absolute atomic E-state index is 9.91. The minimum atomic E-state index is -0.241. The van der Waals surface area contributed by atoms with Crippen molar-refractivity contribution in [3.05, 3.63) is 0 Å². The average molecular weight is 154 g/mol. The molecule has 0 fully saturated rings. The number of hydrogen-bond acceptors (Lipinski definition) is 2. The Bertz CT molecular complexity index is 46.8. The quantitative estimate of drug-likeness (QED) is 0.313. The van der Waals surface area contributed by atoms with Gasteiger partial charge in [-0.25, -0.2) is 0 Å². The topological polar surface area (TPSA) is 26.3 Å². The Morgan fingerprint density at radius 3 is 2.50 bits per heavy atom. The van der Waals surface area contributed by atoms with E-state index in [2.05, 4.69) is 20.7 Å². The van der Waals surface area contributed by atoms with Crippen molar-refractivity contribution in [1.29, 1.82) is 0 Å². The summed E-state index contributed by atoms with van der Waals surface area (Å²) in [4.78, 5) is 9.91. The van der Waals surface area contributed by atoms with Crippen LogP contribution >= 0.6 is 15.9 Å². The van der Waals surface area contributed by atoms with Crippen LogP contribution in [-0.4, -0.2) is 18.4 Å². The summed E-state index contributed by atoms with van der Waals surface area (Å²) < 4.78 is 4.21. The zero-order valence-corrected chi connectivity index (χ0v) is 4.99. The van der Waals surface area contributed by atoms with Gasteiger partial charge in [0.05, 0.1) is 7.11 Å². The van der Waals surface area contributed by atoms with Crippen molar-refractivity contribution in [1.82, 2.24) is 0 Å². The van der Waals surface area contributed by atoms with Gasteiger partial charge in [-0.05, 0) is 0 Å². The van der Waals surface area contributed by atoms with Crippen LogP contribution < -0.4 is 0 Å². The van der Waals surface area contributed by atoms with Gasteiger partial charge < -0.3 is 4.74 Å². The summed E-state index contributed by atoms with van der Waals surface area (Å²) in [7, 11) is 1.35. The Morgan fingerprint density at radius 2 is 2.50 bits per heavy atom. The fourth-order valence-corrected chi connectivity index (χ4v) is 0.283. The lowest BCUT2D eigenvalue weighted by Crippen LogP contribution is -1.99. The van der Waals surface area contributed by atoms with E-state index in [-0.39, 0.29) is 11.3 Å². The Balaban J connectivity index is 2.99. The van der Waals surface area contributed by atoms with Crippen LogP contribution in [0, 0.1) is 0 Å². The monoisotopic (exact) mass is 153 g/mol. The highest BCUT2D eigenvalue weighted by molar-refractivity contribution is 9.09. The summed E-state index contributed by atoms with van der Waals surface area (Å²) in [5, 5.41) is 0.281. The summed E-state index contributed by atoms with van der Waals surface area (Å²) in [5.41, 5.74) is 0. The Labute approximate surface area is 44.6 Å². The van der Waals surface area contributed by atoms with E-state index < -0.39 is 0 Å². The molecule has 0 bridgehead atoms. The van der Waals surface area contributed by atoms with Crippen LogP contribution in [0.4, 0.5) is 0 Å². The van der Waals surface area contributed by atoms with Gasteiger partial charge in [0.1, 0.15) is 5.33 Å². The molecule has 36 valence electrons. The van der Waals surface area contributed by atoms with Crippen LogP contribution in [0.5, 0.6) is 0 Å². The number of carbonyl (C=O) groups excluding carboxylic acids is 1. The molecule has 0 saturated heterocycles. The molecular weight excluding hydrogens is 149 g/mol. The Hall–Kier alpha value is -0.0500. The van der Waals surface area contributed by atoms with Crippen molar-refractivity contribution in [2.75, 3.05) is 12.4 Å². The van der Waals surface area contributed by atoms with E-state index >= 15 is 0 Å². The van der Waals surface area contributed by atoms with Crippen molar-refractivity contribution in [3.63, 3.8) is 0 Å². The van der Waals surface area contributed by atoms with Gasteiger partial charge >= 0.3 is 5.97 Å². The molecule has 0 atom stereocenters. The number of ether oxygens (including phenoxy) is 1. The molecule has 0 aromatic carbocycles. The molecule has 0 saturated carbocycles. The predicted molar refractivity (Wildman–Crippen MR) is 25.8 cm³/mol. The van der Waals surface area contributed by atoms with Gasteiger partial charge in [-0.15, -0.1) is 0 Å². The Kier molecular flexibility index (Phi) is 3.13. The van der Waals surface area contributed by atoms with E-state index in [9.17, 15) is 4.79 Å². The van der Waals surface area contributed by atoms with E-state index in [1.54, 1.807) is 0 Å². The summed E-state index contributed by atoms with van der Waals surface area (Å²) in [6.07, 6.45) is 0. The molecule has 0 radical (unpaired) electrons. The molecule has 0 aliphatic carbocycles. The predicted octanol–water partition coefficient (Wildman–Crippen LogP) is 0.554. The van der Waals surface area contributed by atoms with Gasteiger partial charge in [0.15, 0.2) is 0 Å². The molecule has 6 heavy (non-hydrogen) atoms. The molecule has 0 aromatic heterocycles. The molecule has 0 unspecified atom stereocenters. The first-order valence-corrected chi connectivity index (χ1v) is 2.56. The van der Waals surface area contributed by atoms with Crippen LogP contribution in [0.1, 0.15) is 0 Å². The van der Waals surface area contributed by atoms with Crippen LogP contribution in [0.25, 0.3) is 0 Å². The third kappa shape index (κ3) is 2.20. The molecule has 0 aromatic rings. The first kappa shape index (κ1) is 5.95. The first-order valence-electron chi connectivity index (χ1n) is 1.44. The zero-order valence-electron chi connectivity index (χ0n) is 3.40. The van der Waals surface area contributed by atoms with Gasteiger partial charge in [0.25, 0.3) is 0 Å². The number of halogens is 1. The summed E-state index contributed by atoms with van der Waals surface area (Å²) in [6.45, 7) is 0. The summed E-state index contributed by atoms with van der Waals surface area (Å²) in [5.74, 6) is -0.241. The SMILES string of the molecule is COC(=O)[13CH2]Br. The summed E-state index contributed by atoms with van der Waals surface area (Å²) in [6, 6.07) is 0. The lowest BCUT2D eigenvalue weighted by atomic mass is 11.1. The summed E-state index contributed by atoms with van der Waals surface area (Å²) >= 11 is 2.90. The van der Waals surface area contributed by atoms with Crippen molar-refractivity contribution in [2.24, 2.45) is 0 Å². The lowest BCUT2D eigenvalue weighted by molar-refractivity contribution is -0.137. The van der Waals surface area contributed by atoms with Crippen molar-refractivity contribution in [3.8, 4) is 0 Å². The zero-order chi connectivity index (χ0) is 4.99. The van der Waals surface area contributed by atoms with Gasteiger partial charge in [0.2, 0.25) is 0 Å². The number of hydrogen-bond donors (Lipinski definition) is 0. The fourth-order valence-electron chi connectivity index (χ4n) is 0.0546. The van der Waals surface area contributed by atoms with E-state index in [1.807, 2.05) is 0 Å². The molecule has 0 amide bonds. The molecule has 2 nitrogen and oxygen atoms in total. The highest BCUT2D eigenvalue weighted by Gasteiger charge is 1.89.